The van der Waals surface area contributed by atoms with Crippen LogP contribution < -0.4 is 5.32 Å². The van der Waals surface area contributed by atoms with Crippen LogP contribution in [0.15, 0.2) is 30.3 Å². The van der Waals surface area contributed by atoms with Gasteiger partial charge in [-0.1, -0.05) is 44.2 Å². The molecule has 1 N–H and O–H groups in total. The fourth-order valence-electron chi connectivity index (χ4n) is 4.25. The molecule has 150 valence electrons. The Kier molecular flexibility index (Phi) is 5.97. The molecule has 2 aliphatic rings. The number of carbonyl (C=O) groups is 1. The number of rotatable bonds is 3. The summed E-state index contributed by atoms with van der Waals surface area (Å²) in [5.41, 5.74) is 2.52. The minimum Gasteiger partial charge on any atom is -0.323 e. The molecule has 4 rings (SSSR count). The number of nitrogens with one attached hydrogen (secondary N) is 1. The molecular weight excluding hydrogens is 368 g/mol. The van der Waals surface area contributed by atoms with Crippen LogP contribution >= 0.6 is 11.3 Å². The first-order chi connectivity index (χ1) is 13.6. The maximum Gasteiger partial charge on any atom is 0.323 e. The topological polar surface area (TPSA) is 48.5 Å². The zero-order valence-electron chi connectivity index (χ0n) is 16.9. The minimum absolute atomic E-state index is 0.00689. The second-order valence-electron chi connectivity index (χ2n) is 8.44. The molecule has 2 atom stereocenters. The fraction of sp³-hybridized carbons (Fsp3) is 0.545. The number of nitrogens with zero attached hydrogens (tertiary/aromatic N) is 3. The van der Waals surface area contributed by atoms with Crippen LogP contribution in [0, 0.1) is 11.8 Å². The highest BCUT2D eigenvalue weighted by Gasteiger charge is 2.25. The van der Waals surface area contributed by atoms with Gasteiger partial charge in [0.15, 0.2) is 5.13 Å². The molecule has 0 spiro atoms. The lowest BCUT2D eigenvalue weighted by Crippen LogP contribution is -2.38. The van der Waals surface area contributed by atoms with Gasteiger partial charge in [-0.25, -0.2) is 9.78 Å². The Morgan fingerprint density at radius 1 is 1.18 bits per heavy atom. The highest BCUT2D eigenvalue weighted by atomic mass is 32.1. The average molecular weight is 399 g/mol. The van der Waals surface area contributed by atoms with E-state index in [4.69, 9.17) is 0 Å². The van der Waals surface area contributed by atoms with Crippen molar-refractivity contribution in [1.82, 2.24) is 14.8 Å². The number of aromatic nitrogens is 1. The third-order valence-corrected chi connectivity index (χ3v) is 6.76. The molecule has 28 heavy (non-hydrogen) atoms. The summed E-state index contributed by atoms with van der Waals surface area (Å²) in [6, 6.07) is 10.6. The average Bonchev–Trinajstić information content (AvgIpc) is 2.96. The number of benzene rings is 1. The normalized spacial score (nSPS) is 23.1. The van der Waals surface area contributed by atoms with Gasteiger partial charge >= 0.3 is 6.03 Å². The Morgan fingerprint density at radius 2 is 2.00 bits per heavy atom. The van der Waals surface area contributed by atoms with Gasteiger partial charge in [-0.05, 0) is 36.7 Å². The molecule has 1 fully saturated rings. The van der Waals surface area contributed by atoms with Crippen molar-refractivity contribution in [3.05, 3.63) is 46.5 Å². The Hall–Kier alpha value is -1.92. The van der Waals surface area contributed by atoms with E-state index in [-0.39, 0.29) is 6.03 Å². The van der Waals surface area contributed by atoms with Crippen LogP contribution in [0.5, 0.6) is 0 Å². The number of carbonyl (C=O) groups excluding carboxylic acids is 1. The van der Waals surface area contributed by atoms with Gasteiger partial charge in [0, 0.05) is 37.6 Å². The maximum atomic E-state index is 12.9. The number of anilines is 1. The van der Waals surface area contributed by atoms with E-state index in [1.54, 1.807) is 11.3 Å². The lowest BCUT2D eigenvalue weighted by molar-refractivity contribution is 0.209. The number of thiazole rings is 1. The van der Waals surface area contributed by atoms with Crippen molar-refractivity contribution < 1.29 is 4.79 Å². The van der Waals surface area contributed by atoms with E-state index in [9.17, 15) is 4.79 Å². The highest BCUT2D eigenvalue weighted by molar-refractivity contribution is 7.15. The summed E-state index contributed by atoms with van der Waals surface area (Å²) in [6.07, 6.45) is 3.33. The van der Waals surface area contributed by atoms with E-state index >= 15 is 0 Å². The van der Waals surface area contributed by atoms with Crippen molar-refractivity contribution >= 4 is 22.5 Å². The molecule has 1 aromatic carbocycles. The monoisotopic (exact) mass is 398 g/mol. The molecule has 5 nitrogen and oxygen atoms in total. The quantitative estimate of drug-likeness (QED) is 0.841. The molecule has 1 aromatic heterocycles. The Labute approximate surface area is 171 Å². The largest absolute Gasteiger partial charge is 0.323 e. The van der Waals surface area contributed by atoms with Crippen LogP contribution in [-0.2, 0) is 19.4 Å². The lowest BCUT2D eigenvalue weighted by atomic mass is 9.93. The van der Waals surface area contributed by atoms with Gasteiger partial charge in [0.1, 0.15) is 0 Å². The first-order valence-electron chi connectivity index (χ1n) is 10.4. The number of fused-ring (bicyclic) bond motifs is 1. The van der Waals surface area contributed by atoms with Crippen LogP contribution in [0.4, 0.5) is 9.93 Å². The standard InChI is InChI=1S/C22H30N4OS/c1-16-8-9-19-20(12-16)28-21(23-19)24-22(27)26-11-10-25(13-17(2)14-26)15-18-6-4-3-5-7-18/h3-7,16-17H,8-15H2,1-2H3,(H,23,24,27). The van der Waals surface area contributed by atoms with Crippen molar-refractivity contribution in [3.63, 3.8) is 0 Å². The van der Waals surface area contributed by atoms with E-state index in [1.807, 2.05) is 4.90 Å². The molecule has 0 bridgehead atoms. The number of hydrogen-bond acceptors (Lipinski definition) is 4. The Balaban J connectivity index is 1.36. The first kappa shape index (κ1) is 19.4. The van der Waals surface area contributed by atoms with Crippen molar-refractivity contribution in [2.24, 2.45) is 11.8 Å². The molecular formula is C22H30N4OS. The minimum atomic E-state index is -0.00689. The van der Waals surface area contributed by atoms with Crippen molar-refractivity contribution in [3.8, 4) is 0 Å². The summed E-state index contributed by atoms with van der Waals surface area (Å²) < 4.78 is 0. The summed E-state index contributed by atoms with van der Waals surface area (Å²) in [6.45, 7) is 8.93. The second kappa shape index (κ2) is 8.62. The lowest BCUT2D eigenvalue weighted by Gasteiger charge is -2.22. The summed E-state index contributed by atoms with van der Waals surface area (Å²) in [5, 5.41) is 3.84. The van der Waals surface area contributed by atoms with Gasteiger partial charge in [0.25, 0.3) is 0 Å². The third-order valence-electron chi connectivity index (χ3n) is 5.72. The van der Waals surface area contributed by atoms with E-state index in [0.29, 0.717) is 5.92 Å². The molecule has 6 heteroatoms. The number of aryl methyl sites for hydroxylation is 1. The van der Waals surface area contributed by atoms with Crippen molar-refractivity contribution in [1.29, 1.82) is 0 Å². The summed E-state index contributed by atoms with van der Waals surface area (Å²) in [7, 11) is 0. The number of hydrogen-bond donors (Lipinski definition) is 1. The second-order valence-corrected chi connectivity index (χ2v) is 9.52. The molecule has 2 heterocycles. The van der Waals surface area contributed by atoms with Gasteiger partial charge in [0.05, 0.1) is 5.69 Å². The van der Waals surface area contributed by atoms with Gasteiger partial charge < -0.3 is 4.90 Å². The summed E-state index contributed by atoms with van der Waals surface area (Å²) in [5.74, 6) is 1.17. The molecule has 2 unspecified atom stereocenters. The van der Waals surface area contributed by atoms with Gasteiger partial charge in [0.2, 0.25) is 0 Å². The SMILES string of the molecule is CC1CCc2nc(NC(=O)N3CCN(Cc4ccccc4)CC(C)C3)sc2C1. The van der Waals surface area contributed by atoms with E-state index in [2.05, 4.69) is 59.4 Å². The van der Waals surface area contributed by atoms with Crippen molar-refractivity contribution in [2.75, 3.05) is 31.5 Å². The molecule has 1 aliphatic carbocycles. The summed E-state index contributed by atoms with van der Waals surface area (Å²) in [4.78, 5) is 23.3. The van der Waals surface area contributed by atoms with E-state index < -0.39 is 0 Å². The van der Waals surface area contributed by atoms with E-state index in [1.165, 1.54) is 22.6 Å². The molecule has 0 saturated carbocycles. The zero-order valence-corrected chi connectivity index (χ0v) is 17.7. The molecule has 2 aromatic rings. The predicted octanol–water partition coefficient (Wildman–Crippen LogP) is 4.25. The van der Waals surface area contributed by atoms with Crippen LogP contribution in [0.1, 0.15) is 36.4 Å². The van der Waals surface area contributed by atoms with Crippen LogP contribution in [0.2, 0.25) is 0 Å². The van der Waals surface area contributed by atoms with Gasteiger partial charge in [-0.15, -0.1) is 11.3 Å². The Bertz CT molecular complexity index is 806. The fourth-order valence-corrected chi connectivity index (χ4v) is 5.41. The maximum absolute atomic E-state index is 12.9. The van der Waals surface area contributed by atoms with Gasteiger partial charge in [-0.3, -0.25) is 10.2 Å². The third kappa shape index (κ3) is 4.73. The number of amides is 2. The van der Waals surface area contributed by atoms with Crippen molar-refractivity contribution in [2.45, 2.75) is 39.7 Å². The predicted molar refractivity (Wildman–Crippen MR) is 115 cm³/mol. The summed E-state index contributed by atoms with van der Waals surface area (Å²) >= 11 is 1.66. The molecule has 0 radical (unpaired) electrons. The first-order valence-corrected chi connectivity index (χ1v) is 11.2. The zero-order chi connectivity index (χ0) is 19.5. The molecule has 1 aliphatic heterocycles. The molecule has 1 saturated heterocycles. The van der Waals surface area contributed by atoms with Gasteiger partial charge in [-0.2, -0.15) is 0 Å². The van der Waals surface area contributed by atoms with E-state index in [0.717, 1.165) is 56.6 Å². The number of urea groups is 1. The molecule has 2 amide bonds. The van der Waals surface area contributed by atoms with Crippen LogP contribution in [0.3, 0.4) is 0 Å². The van der Waals surface area contributed by atoms with Crippen LogP contribution in [0.25, 0.3) is 0 Å². The Morgan fingerprint density at radius 3 is 2.82 bits per heavy atom. The smallest absolute Gasteiger partial charge is 0.323 e. The van der Waals surface area contributed by atoms with Crippen LogP contribution in [-0.4, -0.2) is 47.0 Å². The highest BCUT2D eigenvalue weighted by Crippen LogP contribution is 2.32.